The number of aromatic nitrogens is 2. The Morgan fingerprint density at radius 1 is 1.25 bits per heavy atom. The first-order valence-corrected chi connectivity index (χ1v) is 7.56. The maximum Gasteiger partial charge on any atom is 0.137 e. The molecule has 0 spiro atoms. The molecule has 0 atom stereocenters. The molecule has 20 heavy (non-hydrogen) atoms. The minimum absolute atomic E-state index is 0.295. The maximum atomic E-state index is 6.03. The van der Waals surface area contributed by atoms with Gasteiger partial charge < -0.3 is 15.5 Å². The fourth-order valence-corrected chi connectivity index (χ4v) is 2.57. The molecule has 1 aromatic rings. The van der Waals surface area contributed by atoms with Gasteiger partial charge in [-0.05, 0) is 32.9 Å². The molecular weight excluding hydrogens is 250 g/mol. The number of rotatable bonds is 5. The van der Waals surface area contributed by atoms with E-state index in [-0.39, 0.29) is 0 Å². The van der Waals surface area contributed by atoms with Crippen LogP contribution in [0.25, 0.3) is 0 Å². The van der Waals surface area contributed by atoms with Gasteiger partial charge in [0.2, 0.25) is 0 Å². The Kier molecular flexibility index (Phi) is 4.81. The van der Waals surface area contributed by atoms with Crippen molar-refractivity contribution in [3.05, 3.63) is 11.4 Å². The standard InChI is InChI=1S/C15H27N5/c1-11(2)14-17-13(16)12(3)15(18-14)19(4)9-10-20-7-5-6-8-20/h11H,5-10H2,1-4H3,(H2,16,17,18). The molecule has 5 nitrogen and oxygen atoms in total. The van der Waals surface area contributed by atoms with Crippen LogP contribution in [-0.2, 0) is 0 Å². The summed E-state index contributed by atoms with van der Waals surface area (Å²) >= 11 is 0. The first-order valence-electron chi connectivity index (χ1n) is 7.56. The molecule has 1 fully saturated rings. The number of likely N-dealkylation sites (tertiary alicyclic amines) is 1. The van der Waals surface area contributed by atoms with Crippen molar-refractivity contribution < 1.29 is 0 Å². The molecule has 1 saturated heterocycles. The second kappa shape index (κ2) is 6.39. The maximum absolute atomic E-state index is 6.03. The summed E-state index contributed by atoms with van der Waals surface area (Å²) < 4.78 is 0. The van der Waals surface area contributed by atoms with Gasteiger partial charge >= 0.3 is 0 Å². The Labute approximate surface area is 122 Å². The summed E-state index contributed by atoms with van der Waals surface area (Å²) in [7, 11) is 2.09. The molecule has 2 rings (SSSR count). The minimum atomic E-state index is 0.295. The second-order valence-electron chi connectivity index (χ2n) is 6.04. The number of hydrogen-bond acceptors (Lipinski definition) is 5. The van der Waals surface area contributed by atoms with Crippen molar-refractivity contribution in [3.8, 4) is 0 Å². The van der Waals surface area contributed by atoms with Gasteiger partial charge in [-0.3, -0.25) is 0 Å². The van der Waals surface area contributed by atoms with Crippen LogP contribution in [0.3, 0.4) is 0 Å². The fraction of sp³-hybridized carbons (Fsp3) is 0.733. The molecule has 0 bridgehead atoms. The lowest BCUT2D eigenvalue weighted by Gasteiger charge is -2.24. The number of hydrogen-bond donors (Lipinski definition) is 1. The SMILES string of the molecule is Cc1c(N)nc(C(C)C)nc1N(C)CCN1CCCC1. The van der Waals surface area contributed by atoms with E-state index in [1.165, 1.54) is 25.9 Å². The monoisotopic (exact) mass is 277 g/mol. The third kappa shape index (κ3) is 3.39. The Morgan fingerprint density at radius 3 is 2.50 bits per heavy atom. The molecular formula is C15H27N5. The largest absolute Gasteiger partial charge is 0.383 e. The van der Waals surface area contributed by atoms with E-state index in [0.29, 0.717) is 11.7 Å². The molecule has 0 amide bonds. The van der Waals surface area contributed by atoms with Crippen molar-refractivity contribution >= 4 is 11.6 Å². The van der Waals surface area contributed by atoms with E-state index < -0.39 is 0 Å². The first kappa shape index (κ1) is 15.0. The van der Waals surface area contributed by atoms with Crippen LogP contribution in [0.15, 0.2) is 0 Å². The molecule has 2 N–H and O–H groups in total. The molecule has 0 aromatic carbocycles. The van der Waals surface area contributed by atoms with Crippen LogP contribution < -0.4 is 10.6 Å². The van der Waals surface area contributed by atoms with Crippen molar-refractivity contribution in [2.24, 2.45) is 0 Å². The number of nitrogens with two attached hydrogens (primary N) is 1. The summed E-state index contributed by atoms with van der Waals surface area (Å²) in [6.45, 7) is 10.7. The third-order valence-electron chi connectivity index (χ3n) is 4.00. The zero-order valence-corrected chi connectivity index (χ0v) is 13.2. The van der Waals surface area contributed by atoms with Gasteiger partial charge in [-0.1, -0.05) is 13.8 Å². The number of anilines is 2. The van der Waals surface area contributed by atoms with Gasteiger partial charge in [0.25, 0.3) is 0 Å². The van der Waals surface area contributed by atoms with Gasteiger partial charge in [0.05, 0.1) is 0 Å². The van der Waals surface area contributed by atoms with E-state index in [2.05, 4.69) is 35.7 Å². The summed E-state index contributed by atoms with van der Waals surface area (Å²) in [5.41, 5.74) is 7.01. The van der Waals surface area contributed by atoms with Gasteiger partial charge in [-0.25, -0.2) is 9.97 Å². The zero-order chi connectivity index (χ0) is 14.7. The van der Waals surface area contributed by atoms with E-state index in [1.807, 2.05) is 6.92 Å². The van der Waals surface area contributed by atoms with Crippen LogP contribution in [0.2, 0.25) is 0 Å². The minimum Gasteiger partial charge on any atom is -0.383 e. The summed E-state index contributed by atoms with van der Waals surface area (Å²) in [6, 6.07) is 0. The Hall–Kier alpha value is -1.36. The molecule has 0 unspecified atom stereocenters. The molecule has 0 saturated carbocycles. The quantitative estimate of drug-likeness (QED) is 0.892. The average molecular weight is 277 g/mol. The predicted octanol–water partition coefficient (Wildman–Crippen LogP) is 2.02. The van der Waals surface area contributed by atoms with Gasteiger partial charge in [0.15, 0.2) is 0 Å². The Bertz CT molecular complexity index is 452. The van der Waals surface area contributed by atoms with Crippen molar-refractivity contribution in [3.63, 3.8) is 0 Å². The average Bonchev–Trinajstić information content (AvgIpc) is 2.92. The van der Waals surface area contributed by atoms with Crippen LogP contribution in [0, 0.1) is 6.92 Å². The van der Waals surface area contributed by atoms with Gasteiger partial charge in [0.1, 0.15) is 17.5 Å². The molecule has 0 aliphatic carbocycles. The van der Waals surface area contributed by atoms with E-state index in [0.717, 1.165) is 30.3 Å². The van der Waals surface area contributed by atoms with Gasteiger partial charge in [-0.2, -0.15) is 0 Å². The van der Waals surface area contributed by atoms with Crippen LogP contribution >= 0.6 is 0 Å². The van der Waals surface area contributed by atoms with Gasteiger partial charge in [-0.15, -0.1) is 0 Å². The highest BCUT2D eigenvalue weighted by atomic mass is 15.2. The highest BCUT2D eigenvalue weighted by Gasteiger charge is 2.16. The first-order chi connectivity index (χ1) is 9.49. The lowest BCUT2D eigenvalue weighted by atomic mass is 10.2. The summed E-state index contributed by atoms with van der Waals surface area (Å²) in [5, 5.41) is 0. The molecule has 5 heteroatoms. The summed E-state index contributed by atoms with van der Waals surface area (Å²) in [5.74, 6) is 2.70. The third-order valence-corrected chi connectivity index (χ3v) is 4.00. The van der Waals surface area contributed by atoms with Crippen molar-refractivity contribution in [2.45, 2.75) is 39.5 Å². The Balaban J connectivity index is 2.09. The predicted molar refractivity (Wildman–Crippen MR) is 84.2 cm³/mol. The van der Waals surface area contributed by atoms with Crippen molar-refractivity contribution in [2.75, 3.05) is 43.9 Å². The number of likely N-dealkylation sites (N-methyl/N-ethyl adjacent to an activating group) is 1. The van der Waals surface area contributed by atoms with Gasteiger partial charge in [0, 0.05) is 31.6 Å². The summed E-state index contributed by atoms with van der Waals surface area (Å²) in [4.78, 5) is 13.8. The lowest BCUT2D eigenvalue weighted by molar-refractivity contribution is 0.346. The smallest absolute Gasteiger partial charge is 0.137 e. The molecule has 2 heterocycles. The van der Waals surface area contributed by atoms with E-state index in [1.54, 1.807) is 0 Å². The van der Waals surface area contributed by atoms with Crippen LogP contribution in [0.4, 0.5) is 11.6 Å². The Morgan fingerprint density at radius 2 is 1.90 bits per heavy atom. The van der Waals surface area contributed by atoms with E-state index in [4.69, 9.17) is 10.7 Å². The molecule has 0 radical (unpaired) electrons. The number of nitrogens with zero attached hydrogens (tertiary/aromatic N) is 4. The summed E-state index contributed by atoms with van der Waals surface area (Å²) in [6.07, 6.45) is 2.67. The fourth-order valence-electron chi connectivity index (χ4n) is 2.57. The highest BCUT2D eigenvalue weighted by molar-refractivity contribution is 5.56. The molecule has 1 aliphatic rings. The molecule has 1 aliphatic heterocycles. The second-order valence-corrected chi connectivity index (χ2v) is 6.04. The zero-order valence-electron chi connectivity index (χ0n) is 13.2. The van der Waals surface area contributed by atoms with E-state index in [9.17, 15) is 0 Å². The highest BCUT2D eigenvalue weighted by Crippen LogP contribution is 2.23. The molecule has 112 valence electrons. The lowest BCUT2D eigenvalue weighted by Crippen LogP contribution is -2.32. The van der Waals surface area contributed by atoms with Crippen LogP contribution in [0.5, 0.6) is 0 Å². The van der Waals surface area contributed by atoms with Crippen molar-refractivity contribution in [1.29, 1.82) is 0 Å². The van der Waals surface area contributed by atoms with Crippen LogP contribution in [-0.4, -0.2) is 48.1 Å². The number of nitrogen functional groups attached to an aromatic ring is 1. The van der Waals surface area contributed by atoms with E-state index >= 15 is 0 Å². The normalized spacial score (nSPS) is 16.1. The topological polar surface area (TPSA) is 58.3 Å². The molecule has 1 aromatic heterocycles. The van der Waals surface area contributed by atoms with Crippen molar-refractivity contribution in [1.82, 2.24) is 14.9 Å². The van der Waals surface area contributed by atoms with Crippen LogP contribution in [0.1, 0.15) is 44.0 Å².